The number of hydrogen-bond donors (Lipinski definition) is 0. The van der Waals surface area contributed by atoms with E-state index in [1.165, 1.54) is 12.1 Å². The lowest BCUT2D eigenvalue weighted by molar-refractivity contribution is -0.298. The second-order valence-corrected chi connectivity index (χ2v) is 4.60. The van der Waals surface area contributed by atoms with Gasteiger partial charge in [-0.3, -0.25) is 0 Å². The Bertz CT molecular complexity index is 741. The van der Waals surface area contributed by atoms with Gasteiger partial charge in [-0.2, -0.15) is 5.26 Å². The molecule has 1 aromatic heterocycles. The first-order valence-electron chi connectivity index (χ1n) is 5.39. The van der Waals surface area contributed by atoms with Gasteiger partial charge in [0.15, 0.2) is 0 Å². The van der Waals surface area contributed by atoms with Crippen LogP contribution in [0.15, 0.2) is 40.3 Å². The second kappa shape index (κ2) is 5.83. The van der Waals surface area contributed by atoms with Crippen LogP contribution in [0, 0.1) is 11.3 Å². The van der Waals surface area contributed by atoms with Crippen LogP contribution in [0.25, 0.3) is 17.4 Å². The van der Waals surface area contributed by atoms with Crippen molar-refractivity contribution in [3.8, 4) is 17.4 Å². The van der Waals surface area contributed by atoms with Crippen LogP contribution in [0.3, 0.4) is 0 Å². The lowest BCUT2D eigenvalue weighted by Crippen LogP contribution is -2.23. The minimum absolute atomic E-state index is 0.229. The number of nitrogens with zero attached hydrogens (tertiary/aromatic N) is 1. The molecule has 0 aliphatic carbocycles. The predicted octanol–water partition coefficient (Wildman–Crippen LogP) is 2.91. The summed E-state index contributed by atoms with van der Waals surface area (Å²) in [5, 5.41) is 20.1. The first kappa shape index (κ1) is 14.2. The van der Waals surface area contributed by atoms with Gasteiger partial charge < -0.3 is 14.3 Å². The molecule has 0 unspecified atom stereocenters. The molecule has 0 amide bonds. The molecule has 1 heterocycles. The maximum absolute atomic E-state index is 10.6. The van der Waals surface area contributed by atoms with Crippen molar-refractivity contribution in [1.82, 2.24) is 0 Å². The molecule has 0 aliphatic heterocycles. The zero-order valence-corrected chi connectivity index (χ0v) is 11.4. The Morgan fingerprint density at radius 3 is 2.60 bits per heavy atom. The fraction of sp³-hybridized carbons (Fsp3) is 0. The highest BCUT2D eigenvalue weighted by Gasteiger charge is 2.07. The summed E-state index contributed by atoms with van der Waals surface area (Å²) in [6.07, 6.45) is 1.09. The summed E-state index contributed by atoms with van der Waals surface area (Å²) in [5.41, 5.74) is 0.172. The summed E-state index contributed by atoms with van der Waals surface area (Å²) in [6.45, 7) is 0. The average molecular weight is 307 g/mol. The molecule has 0 atom stereocenters. The molecule has 1 aromatic carbocycles. The molecule has 2 rings (SSSR count). The SMILES string of the molecule is N#C/C(=C/c1ccc(-c2ccc(Cl)c(Cl)c2)o1)C(=O)[O-]. The Kier molecular flexibility index (Phi) is 4.14. The van der Waals surface area contributed by atoms with Crippen molar-refractivity contribution in [2.45, 2.75) is 0 Å². The van der Waals surface area contributed by atoms with Gasteiger partial charge in [0.05, 0.1) is 21.6 Å². The molecule has 0 saturated heterocycles. The number of carboxylic acid groups (broad SMARTS) is 1. The van der Waals surface area contributed by atoms with Gasteiger partial charge in [0, 0.05) is 11.6 Å². The number of carbonyl (C=O) groups excluding carboxylic acids is 1. The van der Waals surface area contributed by atoms with Gasteiger partial charge in [-0.25, -0.2) is 0 Å². The molecule has 0 saturated carbocycles. The number of nitriles is 1. The first-order valence-corrected chi connectivity index (χ1v) is 6.15. The van der Waals surface area contributed by atoms with Gasteiger partial charge in [0.2, 0.25) is 0 Å². The Balaban J connectivity index is 2.36. The molecule has 20 heavy (non-hydrogen) atoms. The monoisotopic (exact) mass is 306 g/mol. The van der Waals surface area contributed by atoms with Crippen molar-refractivity contribution < 1.29 is 14.3 Å². The summed E-state index contributed by atoms with van der Waals surface area (Å²) < 4.78 is 5.43. The Labute approximate surface area is 124 Å². The van der Waals surface area contributed by atoms with E-state index in [4.69, 9.17) is 32.9 Å². The molecule has 4 nitrogen and oxygen atoms in total. The molecule has 0 spiro atoms. The highest BCUT2D eigenvalue weighted by atomic mass is 35.5. The zero-order valence-electron chi connectivity index (χ0n) is 9.89. The molecule has 0 N–H and O–H groups in total. The Hall–Kier alpha value is -2.22. The van der Waals surface area contributed by atoms with E-state index in [-0.39, 0.29) is 5.76 Å². The van der Waals surface area contributed by atoms with Crippen molar-refractivity contribution in [2.24, 2.45) is 0 Å². The lowest BCUT2D eigenvalue weighted by Gasteiger charge is -2.00. The minimum Gasteiger partial charge on any atom is -0.544 e. The summed E-state index contributed by atoms with van der Waals surface area (Å²) in [7, 11) is 0. The number of aliphatic carboxylic acids is 1. The van der Waals surface area contributed by atoms with E-state index < -0.39 is 11.5 Å². The fourth-order valence-corrected chi connectivity index (χ4v) is 1.81. The summed E-state index contributed by atoms with van der Waals surface area (Å²) >= 11 is 11.7. The first-order chi connectivity index (χ1) is 9.51. The molecular weight excluding hydrogens is 301 g/mol. The van der Waals surface area contributed by atoms with Crippen LogP contribution in [0.1, 0.15) is 5.76 Å². The van der Waals surface area contributed by atoms with Gasteiger partial charge in [0.25, 0.3) is 0 Å². The molecule has 6 heteroatoms. The largest absolute Gasteiger partial charge is 0.544 e. The normalized spacial score (nSPS) is 11.2. The fourth-order valence-electron chi connectivity index (χ4n) is 1.51. The van der Waals surface area contributed by atoms with Gasteiger partial charge >= 0.3 is 0 Å². The van der Waals surface area contributed by atoms with E-state index in [0.717, 1.165) is 6.08 Å². The van der Waals surface area contributed by atoms with Crippen LogP contribution in [0.5, 0.6) is 0 Å². The van der Waals surface area contributed by atoms with Crippen LogP contribution in [0.2, 0.25) is 10.0 Å². The topological polar surface area (TPSA) is 77.1 Å². The van der Waals surface area contributed by atoms with Crippen molar-refractivity contribution >= 4 is 35.2 Å². The van der Waals surface area contributed by atoms with Crippen molar-refractivity contribution in [3.63, 3.8) is 0 Å². The highest BCUT2D eigenvalue weighted by molar-refractivity contribution is 6.42. The van der Waals surface area contributed by atoms with E-state index in [2.05, 4.69) is 0 Å². The standard InChI is InChI=1S/C14H7Cl2NO3/c15-11-3-1-8(6-12(11)16)13-4-2-10(20-13)5-9(7-17)14(18)19/h1-6H,(H,18,19)/p-1/b9-5-. The number of hydrogen-bond acceptors (Lipinski definition) is 4. The van der Waals surface area contributed by atoms with Gasteiger partial charge in [-0.05, 0) is 30.3 Å². The van der Waals surface area contributed by atoms with Crippen molar-refractivity contribution in [3.05, 3.63) is 51.7 Å². The number of benzene rings is 1. The third kappa shape index (κ3) is 3.02. The van der Waals surface area contributed by atoms with Crippen LogP contribution in [0.4, 0.5) is 0 Å². The Morgan fingerprint density at radius 2 is 2.00 bits per heavy atom. The third-order valence-corrected chi connectivity index (χ3v) is 3.20. The zero-order chi connectivity index (χ0) is 14.7. The maximum atomic E-state index is 10.6. The number of furan rings is 1. The quantitative estimate of drug-likeness (QED) is 0.645. The summed E-state index contributed by atoms with van der Waals surface area (Å²) in [4.78, 5) is 10.6. The number of halogens is 2. The lowest BCUT2D eigenvalue weighted by atomic mass is 10.2. The molecular formula is C14H6Cl2NO3-. The smallest absolute Gasteiger partial charge is 0.134 e. The van der Waals surface area contributed by atoms with Gasteiger partial charge in [-0.15, -0.1) is 0 Å². The second-order valence-electron chi connectivity index (χ2n) is 3.79. The minimum atomic E-state index is -1.56. The summed E-state index contributed by atoms with van der Waals surface area (Å²) in [5.74, 6) is -0.850. The molecule has 0 aliphatic rings. The molecule has 2 aromatic rings. The summed E-state index contributed by atoms with van der Waals surface area (Å²) in [6, 6.07) is 9.65. The number of carboxylic acids is 1. The molecule has 0 fully saturated rings. The predicted molar refractivity (Wildman–Crippen MR) is 72.8 cm³/mol. The van der Waals surface area contributed by atoms with Crippen LogP contribution >= 0.6 is 23.2 Å². The van der Waals surface area contributed by atoms with Gasteiger partial charge in [-0.1, -0.05) is 23.2 Å². The Morgan fingerprint density at radius 1 is 1.25 bits per heavy atom. The van der Waals surface area contributed by atoms with Gasteiger partial charge in [0.1, 0.15) is 17.6 Å². The van der Waals surface area contributed by atoms with E-state index in [0.29, 0.717) is 21.4 Å². The average Bonchev–Trinajstić information content (AvgIpc) is 2.87. The van der Waals surface area contributed by atoms with E-state index in [1.807, 2.05) is 0 Å². The number of rotatable bonds is 3. The maximum Gasteiger partial charge on any atom is 0.134 e. The molecule has 0 radical (unpaired) electrons. The van der Waals surface area contributed by atoms with E-state index in [1.54, 1.807) is 24.3 Å². The molecule has 100 valence electrons. The van der Waals surface area contributed by atoms with Crippen molar-refractivity contribution in [1.29, 1.82) is 5.26 Å². The highest BCUT2D eigenvalue weighted by Crippen LogP contribution is 2.29. The van der Waals surface area contributed by atoms with E-state index in [9.17, 15) is 9.90 Å². The van der Waals surface area contributed by atoms with E-state index >= 15 is 0 Å². The van der Waals surface area contributed by atoms with Crippen LogP contribution < -0.4 is 5.11 Å². The number of carbonyl (C=O) groups is 1. The van der Waals surface area contributed by atoms with Crippen molar-refractivity contribution in [2.75, 3.05) is 0 Å². The third-order valence-electron chi connectivity index (χ3n) is 2.46. The van der Waals surface area contributed by atoms with Crippen LogP contribution in [-0.2, 0) is 4.79 Å². The van der Waals surface area contributed by atoms with Crippen LogP contribution in [-0.4, -0.2) is 5.97 Å². The molecule has 0 bridgehead atoms.